The van der Waals surface area contributed by atoms with Gasteiger partial charge in [0.05, 0.1) is 18.4 Å². The molecule has 0 aromatic carbocycles. The van der Waals surface area contributed by atoms with Crippen LogP contribution in [0.5, 0.6) is 0 Å². The van der Waals surface area contributed by atoms with E-state index in [-0.39, 0.29) is 11.6 Å². The Morgan fingerprint density at radius 1 is 1.08 bits per heavy atom. The van der Waals surface area contributed by atoms with Gasteiger partial charge in [-0.2, -0.15) is 10.2 Å². The number of nitrogens with zero attached hydrogens (tertiary/aromatic N) is 7. The Labute approximate surface area is 143 Å². The Balaban J connectivity index is 1.40. The zero-order chi connectivity index (χ0) is 17.1. The molecule has 1 fully saturated rings. The standard InChI is InChI=1S/C16H18N8O/c25-16-2-1-7-19-24(16)13-5-3-12(4-6-13)21-14-8-17-9-15(22-14)23-11-18-10-20-23/h1-2,7-13H,3-6H2,(H,21,22). The minimum absolute atomic E-state index is 0.0368. The Bertz CT molecular complexity index is 883. The molecule has 4 rings (SSSR count). The van der Waals surface area contributed by atoms with Gasteiger partial charge in [-0.15, -0.1) is 0 Å². The minimum atomic E-state index is -0.0368. The van der Waals surface area contributed by atoms with Crippen LogP contribution in [0.15, 0.2) is 48.2 Å². The summed E-state index contributed by atoms with van der Waals surface area (Å²) in [6.07, 6.45) is 11.8. The molecular weight excluding hydrogens is 320 g/mol. The van der Waals surface area contributed by atoms with Crippen molar-refractivity contribution in [2.24, 2.45) is 0 Å². The average molecular weight is 338 g/mol. The van der Waals surface area contributed by atoms with Crippen LogP contribution >= 0.6 is 0 Å². The van der Waals surface area contributed by atoms with E-state index in [4.69, 9.17) is 0 Å². The number of hydrogen-bond donors (Lipinski definition) is 1. The van der Waals surface area contributed by atoms with E-state index in [0.29, 0.717) is 17.7 Å². The maximum atomic E-state index is 11.9. The third kappa shape index (κ3) is 3.39. The lowest BCUT2D eigenvalue weighted by Gasteiger charge is -2.29. The average Bonchev–Trinajstić information content (AvgIpc) is 3.18. The van der Waals surface area contributed by atoms with E-state index in [2.05, 4.69) is 30.5 Å². The lowest BCUT2D eigenvalue weighted by Crippen LogP contribution is -2.33. The molecule has 1 saturated carbocycles. The van der Waals surface area contributed by atoms with Crippen molar-refractivity contribution >= 4 is 5.82 Å². The van der Waals surface area contributed by atoms with Crippen molar-refractivity contribution in [1.82, 2.24) is 34.5 Å². The summed E-state index contributed by atoms with van der Waals surface area (Å²) in [5.41, 5.74) is -0.0368. The van der Waals surface area contributed by atoms with Crippen LogP contribution in [-0.4, -0.2) is 40.6 Å². The van der Waals surface area contributed by atoms with E-state index in [1.165, 1.54) is 6.33 Å². The summed E-state index contributed by atoms with van der Waals surface area (Å²) in [4.78, 5) is 24.5. The first-order valence-corrected chi connectivity index (χ1v) is 8.27. The Hall–Kier alpha value is -3.10. The van der Waals surface area contributed by atoms with E-state index < -0.39 is 0 Å². The summed E-state index contributed by atoms with van der Waals surface area (Å²) < 4.78 is 3.17. The van der Waals surface area contributed by atoms with E-state index in [0.717, 1.165) is 25.7 Å². The Morgan fingerprint density at radius 2 is 1.96 bits per heavy atom. The fourth-order valence-electron chi connectivity index (χ4n) is 3.18. The van der Waals surface area contributed by atoms with Crippen molar-refractivity contribution in [2.75, 3.05) is 5.32 Å². The molecule has 0 saturated heterocycles. The fourth-order valence-corrected chi connectivity index (χ4v) is 3.18. The second-order valence-electron chi connectivity index (χ2n) is 6.06. The predicted molar refractivity (Wildman–Crippen MR) is 90.4 cm³/mol. The summed E-state index contributed by atoms with van der Waals surface area (Å²) in [6, 6.07) is 3.70. The second kappa shape index (κ2) is 6.80. The monoisotopic (exact) mass is 338 g/mol. The van der Waals surface area contributed by atoms with Crippen LogP contribution in [0, 0.1) is 0 Å². The van der Waals surface area contributed by atoms with Gasteiger partial charge in [-0.1, -0.05) is 0 Å². The molecule has 9 nitrogen and oxygen atoms in total. The normalized spacial score (nSPS) is 20.3. The van der Waals surface area contributed by atoms with Gasteiger partial charge in [0.2, 0.25) is 0 Å². The lowest BCUT2D eigenvalue weighted by molar-refractivity contribution is 0.303. The highest BCUT2D eigenvalue weighted by molar-refractivity contribution is 5.36. The third-order valence-electron chi connectivity index (χ3n) is 4.41. The first-order chi connectivity index (χ1) is 12.3. The van der Waals surface area contributed by atoms with Crippen LogP contribution in [0.4, 0.5) is 5.82 Å². The first kappa shape index (κ1) is 15.4. The van der Waals surface area contributed by atoms with Crippen molar-refractivity contribution < 1.29 is 0 Å². The molecule has 1 aliphatic rings. The molecule has 0 aliphatic heterocycles. The van der Waals surface area contributed by atoms with Gasteiger partial charge in [-0.3, -0.25) is 9.78 Å². The van der Waals surface area contributed by atoms with Crippen molar-refractivity contribution in [3.8, 4) is 5.82 Å². The Kier molecular flexibility index (Phi) is 4.19. The summed E-state index contributed by atoms with van der Waals surface area (Å²) in [7, 11) is 0. The summed E-state index contributed by atoms with van der Waals surface area (Å²) >= 11 is 0. The fraction of sp³-hybridized carbons (Fsp3) is 0.375. The van der Waals surface area contributed by atoms with Crippen LogP contribution in [0.25, 0.3) is 5.82 Å². The molecular formula is C16H18N8O. The van der Waals surface area contributed by atoms with E-state index in [1.807, 2.05) is 0 Å². The van der Waals surface area contributed by atoms with Crippen LogP contribution < -0.4 is 10.9 Å². The van der Waals surface area contributed by atoms with E-state index in [1.54, 1.807) is 46.4 Å². The van der Waals surface area contributed by atoms with Gasteiger partial charge >= 0.3 is 0 Å². The van der Waals surface area contributed by atoms with Gasteiger partial charge in [0.1, 0.15) is 18.5 Å². The largest absolute Gasteiger partial charge is 0.366 e. The molecule has 3 heterocycles. The number of nitrogens with one attached hydrogen (secondary N) is 1. The molecule has 3 aromatic heterocycles. The highest BCUT2D eigenvalue weighted by Gasteiger charge is 2.23. The molecule has 3 aromatic rings. The number of aromatic nitrogens is 7. The first-order valence-electron chi connectivity index (χ1n) is 8.27. The molecule has 0 radical (unpaired) electrons. The molecule has 25 heavy (non-hydrogen) atoms. The Morgan fingerprint density at radius 3 is 2.72 bits per heavy atom. The molecule has 0 atom stereocenters. The molecule has 1 aliphatic carbocycles. The molecule has 0 unspecified atom stereocenters. The summed E-state index contributed by atoms with van der Waals surface area (Å²) in [5.74, 6) is 1.34. The summed E-state index contributed by atoms with van der Waals surface area (Å²) in [6.45, 7) is 0. The maximum absolute atomic E-state index is 11.9. The molecule has 0 amide bonds. The van der Waals surface area contributed by atoms with Gasteiger partial charge in [0.25, 0.3) is 5.56 Å². The van der Waals surface area contributed by atoms with Crippen LogP contribution in [0.1, 0.15) is 31.7 Å². The van der Waals surface area contributed by atoms with Crippen molar-refractivity contribution in [2.45, 2.75) is 37.8 Å². The minimum Gasteiger partial charge on any atom is -0.366 e. The molecule has 9 heteroatoms. The number of anilines is 1. The zero-order valence-electron chi connectivity index (χ0n) is 13.6. The maximum Gasteiger partial charge on any atom is 0.266 e. The molecule has 128 valence electrons. The highest BCUT2D eigenvalue weighted by Crippen LogP contribution is 2.28. The number of rotatable bonds is 4. The van der Waals surface area contributed by atoms with Crippen LogP contribution in [0.3, 0.4) is 0 Å². The molecule has 1 N–H and O–H groups in total. The predicted octanol–water partition coefficient (Wildman–Crippen LogP) is 1.21. The van der Waals surface area contributed by atoms with Gasteiger partial charge < -0.3 is 5.32 Å². The van der Waals surface area contributed by atoms with E-state index >= 15 is 0 Å². The topological polar surface area (TPSA) is 103 Å². The van der Waals surface area contributed by atoms with Crippen molar-refractivity contribution in [3.05, 3.63) is 53.7 Å². The molecule has 0 spiro atoms. The van der Waals surface area contributed by atoms with Gasteiger partial charge in [-0.25, -0.2) is 19.3 Å². The second-order valence-corrected chi connectivity index (χ2v) is 6.06. The smallest absolute Gasteiger partial charge is 0.266 e. The highest BCUT2D eigenvalue weighted by atomic mass is 16.1. The zero-order valence-corrected chi connectivity index (χ0v) is 13.6. The van der Waals surface area contributed by atoms with Crippen molar-refractivity contribution in [1.29, 1.82) is 0 Å². The third-order valence-corrected chi connectivity index (χ3v) is 4.41. The molecule has 0 bridgehead atoms. The van der Waals surface area contributed by atoms with Gasteiger partial charge in [0.15, 0.2) is 5.82 Å². The van der Waals surface area contributed by atoms with E-state index in [9.17, 15) is 4.79 Å². The lowest BCUT2D eigenvalue weighted by atomic mass is 9.91. The van der Waals surface area contributed by atoms with Crippen molar-refractivity contribution in [3.63, 3.8) is 0 Å². The number of hydrogen-bond acceptors (Lipinski definition) is 7. The SMILES string of the molecule is O=c1cccnn1C1CCC(Nc2cncc(-n3cncn3)n2)CC1. The van der Waals surface area contributed by atoms with Gasteiger partial charge in [-0.05, 0) is 31.7 Å². The van der Waals surface area contributed by atoms with Crippen LogP contribution in [-0.2, 0) is 0 Å². The van der Waals surface area contributed by atoms with Gasteiger partial charge in [0, 0.05) is 18.3 Å². The quantitative estimate of drug-likeness (QED) is 0.762. The van der Waals surface area contributed by atoms with Crippen LogP contribution in [0.2, 0.25) is 0 Å². The summed E-state index contributed by atoms with van der Waals surface area (Å²) in [5, 5.41) is 11.7.